The van der Waals surface area contributed by atoms with Gasteiger partial charge in [-0.2, -0.15) is 10.2 Å². The van der Waals surface area contributed by atoms with E-state index in [1.165, 1.54) is 0 Å². The second-order valence-electron chi connectivity index (χ2n) is 7.54. The van der Waals surface area contributed by atoms with Crippen molar-refractivity contribution in [2.75, 3.05) is 7.11 Å². The summed E-state index contributed by atoms with van der Waals surface area (Å²) in [5.74, 6) is -0.0511. The smallest absolute Gasteiger partial charge is 0.356 e. The van der Waals surface area contributed by atoms with Crippen LogP contribution in [0.3, 0.4) is 0 Å². The van der Waals surface area contributed by atoms with Crippen molar-refractivity contribution in [1.29, 1.82) is 0 Å². The first-order chi connectivity index (χ1) is 16.9. The number of aromatic carboxylic acids is 2. The lowest BCUT2D eigenvalue weighted by Gasteiger charge is -2.18. The lowest BCUT2D eigenvalue weighted by molar-refractivity contribution is 0.0677. The summed E-state index contributed by atoms with van der Waals surface area (Å²) in [5, 5.41) is 31.1. The van der Waals surface area contributed by atoms with E-state index < -0.39 is 11.9 Å². The Balaban J connectivity index is 0.000000145. The van der Waals surface area contributed by atoms with Crippen molar-refractivity contribution in [3.8, 4) is 39.8 Å². The predicted molar refractivity (Wildman–Crippen MR) is 125 cm³/mol. The number of hydrogen-bond acceptors (Lipinski definition) is 7. The van der Waals surface area contributed by atoms with Crippen molar-refractivity contribution in [3.05, 3.63) is 63.4 Å². The van der Waals surface area contributed by atoms with Crippen LogP contribution in [0.25, 0.3) is 22.5 Å². The highest BCUT2D eigenvalue weighted by molar-refractivity contribution is 9.10. The summed E-state index contributed by atoms with van der Waals surface area (Å²) in [7, 11) is 1.58. The van der Waals surface area contributed by atoms with Gasteiger partial charge in [0, 0.05) is 21.7 Å². The van der Waals surface area contributed by atoms with E-state index in [-0.39, 0.29) is 24.6 Å². The minimum atomic E-state index is -1.06. The average molecular weight is 541 g/mol. The molecule has 4 N–H and O–H groups in total. The number of hydrogen-bond donors (Lipinski definition) is 4. The summed E-state index contributed by atoms with van der Waals surface area (Å²) in [5.41, 5.74) is 4.21. The Labute approximate surface area is 205 Å². The molecule has 0 radical (unpaired) electrons. The van der Waals surface area contributed by atoms with Crippen LogP contribution in [-0.4, -0.2) is 49.7 Å². The lowest BCUT2D eigenvalue weighted by Crippen LogP contribution is -2.09. The van der Waals surface area contributed by atoms with Gasteiger partial charge in [-0.05, 0) is 30.3 Å². The van der Waals surface area contributed by atoms with Gasteiger partial charge >= 0.3 is 11.9 Å². The summed E-state index contributed by atoms with van der Waals surface area (Å²) in [6, 6.07) is 11.0. The maximum absolute atomic E-state index is 11.0. The second kappa shape index (κ2) is 8.80. The monoisotopic (exact) mass is 540 g/mol. The first kappa shape index (κ1) is 22.5. The fourth-order valence-corrected chi connectivity index (χ4v) is 4.23. The van der Waals surface area contributed by atoms with Crippen molar-refractivity contribution >= 4 is 27.9 Å². The summed E-state index contributed by atoms with van der Waals surface area (Å²) in [6.45, 7) is 0.407. The molecule has 2 aliphatic rings. The van der Waals surface area contributed by atoms with Gasteiger partial charge in [-0.1, -0.05) is 15.9 Å². The van der Waals surface area contributed by atoms with E-state index in [9.17, 15) is 9.59 Å². The van der Waals surface area contributed by atoms with E-state index in [0.717, 1.165) is 21.3 Å². The molecule has 2 aromatic carbocycles. The van der Waals surface area contributed by atoms with Crippen LogP contribution in [0, 0.1) is 0 Å². The molecule has 2 aromatic heterocycles. The maximum Gasteiger partial charge on any atom is 0.356 e. The topological polar surface area (TPSA) is 160 Å². The van der Waals surface area contributed by atoms with Crippen molar-refractivity contribution in [1.82, 2.24) is 20.4 Å². The van der Waals surface area contributed by atoms with Gasteiger partial charge < -0.3 is 24.4 Å². The van der Waals surface area contributed by atoms with Crippen molar-refractivity contribution in [2.24, 2.45) is 0 Å². The number of halogens is 1. The van der Waals surface area contributed by atoms with Gasteiger partial charge in [0.25, 0.3) is 0 Å². The third kappa shape index (κ3) is 3.97. The van der Waals surface area contributed by atoms with Gasteiger partial charge in [-0.3, -0.25) is 10.2 Å². The number of nitrogens with zero attached hydrogens (tertiary/aromatic N) is 2. The number of carboxylic acid groups (broad SMARTS) is 2. The molecule has 0 bridgehead atoms. The number of H-pyrrole nitrogens is 2. The minimum absolute atomic E-state index is 0.00599. The van der Waals surface area contributed by atoms with Crippen LogP contribution >= 0.6 is 15.9 Å². The number of nitrogens with one attached hydrogen (secondary N) is 2. The molecule has 4 heterocycles. The maximum atomic E-state index is 11.0. The Morgan fingerprint density at radius 1 is 0.886 bits per heavy atom. The minimum Gasteiger partial charge on any atom is -0.497 e. The molecule has 4 aromatic rings. The summed E-state index contributed by atoms with van der Waals surface area (Å²) >= 11 is 3.36. The standard InChI is InChI=1S/C12H10N2O4.C11H7BrN2O3/c1-17-6-2-3-7-9(4-6)18-5-8-10(7)13-14-11(8)12(15)16;12-5-1-2-6-8(3-5)17-4-7-9(6)13-14-10(7)11(15)16/h2-4H,5H2,1H3,(H,13,14)(H,15,16);1-3H,4H2,(H,13,14)(H,15,16). The highest BCUT2D eigenvalue weighted by Crippen LogP contribution is 2.40. The van der Waals surface area contributed by atoms with Crippen LogP contribution in [0.5, 0.6) is 17.2 Å². The van der Waals surface area contributed by atoms with Gasteiger partial charge in [0.15, 0.2) is 11.4 Å². The molecule has 12 heteroatoms. The zero-order valence-corrected chi connectivity index (χ0v) is 19.7. The Hall–Kier alpha value is -4.32. The SMILES string of the molecule is COc1ccc2c(c1)OCc1c(C(=O)O)n[nH]c1-2.O=C(O)c1n[nH]c2c1COc1cc(Br)ccc1-2. The number of fused-ring (bicyclic) bond motifs is 6. The number of ether oxygens (including phenoxy) is 3. The van der Waals surface area contributed by atoms with E-state index in [2.05, 4.69) is 36.3 Å². The molecule has 0 atom stereocenters. The molecule has 11 nitrogen and oxygen atoms in total. The van der Waals surface area contributed by atoms with Gasteiger partial charge in [0.1, 0.15) is 30.5 Å². The van der Waals surface area contributed by atoms with Crippen molar-refractivity contribution in [3.63, 3.8) is 0 Å². The Bertz CT molecular complexity index is 1480. The summed E-state index contributed by atoms with van der Waals surface area (Å²) in [6.07, 6.45) is 0. The Morgan fingerprint density at radius 3 is 1.91 bits per heavy atom. The number of methoxy groups -OCH3 is 1. The Kier molecular flexibility index (Phi) is 5.65. The van der Waals surface area contributed by atoms with Crippen LogP contribution in [0.15, 0.2) is 40.9 Å². The molecule has 0 aliphatic carbocycles. The molecule has 0 saturated carbocycles. The van der Waals surface area contributed by atoms with Gasteiger partial charge in [0.05, 0.1) is 29.6 Å². The predicted octanol–water partition coefficient (Wildman–Crippen LogP) is 4.11. The zero-order chi connectivity index (χ0) is 24.7. The summed E-state index contributed by atoms with van der Waals surface area (Å²) in [4.78, 5) is 21.9. The highest BCUT2D eigenvalue weighted by atomic mass is 79.9. The van der Waals surface area contributed by atoms with E-state index >= 15 is 0 Å². The largest absolute Gasteiger partial charge is 0.497 e. The quantitative estimate of drug-likeness (QED) is 0.299. The van der Waals surface area contributed by atoms with E-state index in [1.807, 2.05) is 24.3 Å². The van der Waals surface area contributed by atoms with E-state index in [4.69, 9.17) is 24.4 Å². The number of aromatic amines is 2. The van der Waals surface area contributed by atoms with Crippen molar-refractivity contribution < 1.29 is 34.0 Å². The van der Waals surface area contributed by atoms with Gasteiger partial charge in [-0.25, -0.2) is 9.59 Å². The van der Waals surface area contributed by atoms with Crippen LogP contribution in [0.4, 0.5) is 0 Å². The van der Waals surface area contributed by atoms with Crippen LogP contribution in [0.2, 0.25) is 0 Å². The molecule has 6 rings (SSSR count). The van der Waals surface area contributed by atoms with Crippen LogP contribution in [-0.2, 0) is 13.2 Å². The summed E-state index contributed by atoms with van der Waals surface area (Å²) < 4.78 is 17.1. The average Bonchev–Trinajstić information content (AvgIpc) is 3.48. The van der Waals surface area contributed by atoms with Crippen LogP contribution < -0.4 is 14.2 Å². The van der Waals surface area contributed by atoms with E-state index in [0.29, 0.717) is 34.1 Å². The fourth-order valence-electron chi connectivity index (χ4n) is 3.89. The second-order valence-corrected chi connectivity index (χ2v) is 8.46. The highest BCUT2D eigenvalue weighted by Gasteiger charge is 2.27. The molecule has 0 fully saturated rings. The first-order valence-electron chi connectivity index (χ1n) is 10.2. The lowest BCUT2D eigenvalue weighted by atomic mass is 10.0. The number of benzene rings is 2. The molecular formula is C23H17BrN4O7. The zero-order valence-electron chi connectivity index (χ0n) is 18.1. The van der Waals surface area contributed by atoms with E-state index in [1.54, 1.807) is 19.2 Å². The van der Waals surface area contributed by atoms with Gasteiger partial charge in [-0.15, -0.1) is 0 Å². The number of rotatable bonds is 3. The first-order valence-corrected chi connectivity index (χ1v) is 11.0. The number of carbonyl (C=O) groups is 2. The van der Waals surface area contributed by atoms with Gasteiger partial charge in [0.2, 0.25) is 0 Å². The molecule has 0 spiro atoms. The Morgan fingerprint density at radius 2 is 1.40 bits per heavy atom. The normalized spacial score (nSPS) is 12.4. The molecule has 0 unspecified atom stereocenters. The van der Waals surface area contributed by atoms with Crippen LogP contribution in [0.1, 0.15) is 32.1 Å². The fraction of sp³-hybridized carbons (Fsp3) is 0.130. The molecular weight excluding hydrogens is 524 g/mol. The van der Waals surface area contributed by atoms with Crippen molar-refractivity contribution in [2.45, 2.75) is 13.2 Å². The number of aromatic nitrogens is 4. The molecule has 0 amide bonds. The third-order valence-electron chi connectivity index (χ3n) is 5.55. The molecule has 178 valence electrons. The third-order valence-corrected chi connectivity index (χ3v) is 6.05. The molecule has 2 aliphatic heterocycles. The number of carboxylic acids is 2. The molecule has 35 heavy (non-hydrogen) atoms. The molecule has 0 saturated heterocycles.